The first-order chi connectivity index (χ1) is 8.08. The number of carbonyl (C=O) groups is 1. The summed E-state index contributed by atoms with van der Waals surface area (Å²) in [6, 6.07) is 0.155. The van der Waals surface area contributed by atoms with Crippen molar-refractivity contribution >= 4 is 17.5 Å². The van der Waals surface area contributed by atoms with Gasteiger partial charge in [-0.3, -0.25) is 4.79 Å². The predicted octanol–water partition coefficient (Wildman–Crippen LogP) is 2.86. The summed E-state index contributed by atoms with van der Waals surface area (Å²) >= 11 is 5.88. The summed E-state index contributed by atoms with van der Waals surface area (Å²) < 4.78 is 5.60. The Balaban J connectivity index is 2.11. The number of hydrogen-bond donors (Lipinski definition) is 1. The fraction of sp³-hybridized carbons (Fsp3) is 0.923. The van der Waals surface area contributed by atoms with Gasteiger partial charge in [-0.2, -0.15) is 0 Å². The molecule has 0 radical (unpaired) electrons. The molecule has 1 N–H and O–H groups in total. The zero-order valence-corrected chi connectivity index (χ0v) is 11.6. The third-order valence-corrected chi connectivity index (χ3v) is 3.23. The molecule has 1 heterocycles. The number of rotatable bonds is 6. The van der Waals surface area contributed by atoms with Crippen LogP contribution >= 0.6 is 11.6 Å². The first-order valence-electron chi connectivity index (χ1n) is 6.63. The Kier molecular flexibility index (Phi) is 6.90. The first-order valence-corrected chi connectivity index (χ1v) is 7.06. The van der Waals surface area contributed by atoms with Crippen molar-refractivity contribution in [1.82, 2.24) is 5.32 Å². The van der Waals surface area contributed by atoms with Crippen LogP contribution in [0.15, 0.2) is 0 Å². The van der Waals surface area contributed by atoms with Crippen molar-refractivity contribution in [2.75, 3.05) is 6.61 Å². The molecule has 17 heavy (non-hydrogen) atoms. The van der Waals surface area contributed by atoms with Crippen LogP contribution in [0.2, 0.25) is 0 Å². The lowest BCUT2D eigenvalue weighted by atomic mass is 10.0. The highest BCUT2D eigenvalue weighted by Crippen LogP contribution is 2.16. The average Bonchev–Trinajstić information content (AvgIpc) is 2.26. The van der Waals surface area contributed by atoms with Crippen LogP contribution in [0.4, 0.5) is 0 Å². The van der Waals surface area contributed by atoms with E-state index in [9.17, 15) is 4.79 Å². The first kappa shape index (κ1) is 14.8. The predicted molar refractivity (Wildman–Crippen MR) is 70.4 cm³/mol. The number of carbonyl (C=O) groups excluding carboxylic acids is 1. The molecule has 3 unspecified atom stereocenters. The summed E-state index contributed by atoms with van der Waals surface area (Å²) in [5.74, 6) is 0.115. The molecule has 1 rings (SSSR count). The number of halogens is 1. The van der Waals surface area contributed by atoms with Crippen molar-refractivity contribution in [3.8, 4) is 0 Å². The third kappa shape index (κ3) is 6.89. The lowest BCUT2D eigenvalue weighted by molar-refractivity contribution is -0.122. The van der Waals surface area contributed by atoms with Crippen molar-refractivity contribution in [2.24, 2.45) is 0 Å². The van der Waals surface area contributed by atoms with E-state index in [1.807, 2.05) is 13.8 Å². The highest BCUT2D eigenvalue weighted by Gasteiger charge is 2.16. The Labute approximate surface area is 109 Å². The van der Waals surface area contributed by atoms with E-state index in [-0.39, 0.29) is 23.4 Å². The van der Waals surface area contributed by atoms with Crippen molar-refractivity contribution in [3.63, 3.8) is 0 Å². The molecule has 1 aliphatic heterocycles. The number of nitrogens with one attached hydrogen (secondary N) is 1. The normalized spacial score (nSPS) is 24.1. The van der Waals surface area contributed by atoms with Gasteiger partial charge in [0.25, 0.3) is 0 Å². The Morgan fingerprint density at radius 1 is 1.47 bits per heavy atom. The molecule has 1 aliphatic rings. The summed E-state index contributed by atoms with van der Waals surface area (Å²) in [4.78, 5) is 11.7. The summed E-state index contributed by atoms with van der Waals surface area (Å²) in [6.45, 7) is 4.79. The topological polar surface area (TPSA) is 38.3 Å². The quantitative estimate of drug-likeness (QED) is 0.747. The Bertz CT molecular complexity index is 227. The van der Waals surface area contributed by atoms with Gasteiger partial charge in [0.05, 0.1) is 6.10 Å². The minimum atomic E-state index is 0.104. The maximum atomic E-state index is 11.7. The fourth-order valence-corrected chi connectivity index (χ4v) is 2.49. The van der Waals surface area contributed by atoms with Gasteiger partial charge >= 0.3 is 0 Å². The van der Waals surface area contributed by atoms with E-state index in [1.54, 1.807) is 0 Å². The molecule has 1 saturated heterocycles. The van der Waals surface area contributed by atoms with Crippen molar-refractivity contribution in [2.45, 2.75) is 69.9 Å². The molecule has 0 aromatic heterocycles. The smallest absolute Gasteiger partial charge is 0.220 e. The molecule has 1 amide bonds. The monoisotopic (exact) mass is 261 g/mol. The van der Waals surface area contributed by atoms with Crippen LogP contribution in [-0.2, 0) is 9.53 Å². The molecule has 0 aliphatic carbocycles. The Hall–Kier alpha value is -0.280. The highest BCUT2D eigenvalue weighted by atomic mass is 35.5. The fourth-order valence-electron chi connectivity index (χ4n) is 2.22. The van der Waals surface area contributed by atoms with Crippen LogP contribution in [0, 0.1) is 0 Å². The maximum Gasteiger partial charge on any atom is 0.220 e. The van der Waals surface area contributed by atoms with E-state index >= 15 is 0 Å². The lowest BCUT2D eigenvalue weighted by Gasteiger charge is -2.22. The second kappa shape index (κ2) is 7.93. The van der Waals surface area contributed by atoms with Gasteiger partial charge in [0.15, 0.2) is 0 Å². The van der Waals surface area contributed by atoms with Crippen LogP contribution < -0.4 is 5.32 Å². The number of alkyl halides is 1. The molecule has 0 aromatic carbocycles. The lowest BCUT2D eigenvalue weighted by Crippen LogP contribution is -2.34. The second-order valence-electron chi connectivity index (χ2n) is 5.01. The minimum absolute atomic E-state index is 0.104. The van der Waals surface area contributed by atoms with Crippen molar-refractivity contribution in [3.05, 3.63) is 0 Å². The van der Waals surface area contributed by atoms with E-state index in [2.05, 4.69) is 5.32 Å². The van der Waals surface area contributed by atoms with Crippen LogP contribution in [-0.4, -0.2) is 30.0 Å². The van der Waals surface area contributed by atoms with Crippen LogP contribution in [0.5, 0.6) is 0 Å². The van der Waals surface area contributed by atoms with E-state index in [0.717, 1.165) is 32.3 Å². The molecule has 0 aromatic rings. The van der Waals surface area contributed by atoms with Crippen LogP contribution in [0.25, 0.3) is 0 Å². The summed E-state index contributed by atoms with van der Waals surface area (Å²) in [5.41, 5.74) is 0. The zero-order valence-electron chi connectivity index (χ0n) is 10.9. The molecule has 0 bridgehead atoms. The highest BCUT2D eigenvalue weighted by molar-refractivity contribution is 6.20. The van der Waals surface area contributed by atoms with Gasteiger partial charge in [0.2, 0.25) is 5.91 Å². The second-order valence-corrected chi connectivity index (χ2v) is 5.76. The number of hydrogen-bond acceptors (Lipinski definition) is 2. The molecule has 0 saturated carbocycles. The van der Waals surface area contributed by atoms with Crippen molar-refractivity contribution < 1.29 is 9.53 Å². The molecule has 0 spiro atoms. The minimum Gasteiger partial charge on any atom is -0.378 e. The molecule has 4 heteroatoms. The maximum absolute atomic E-state index is 11.7. The van der Waals surface area contributed by atoms with Gasteiger partial charge in [0.1, 0.15) is 0 Å². The van der Waals surface area contributed by atoms with Gasteiger partial charge in [0, 0.05) is 24.4 Å². The zero-order chi connectivity index (χ0) is 12.7. The summed E-state index contributed by atoms with van der Waals surface area (Å²) in [6.07, 6.45) is 5.99. The van der Waals surface area contributed by atoms with Gasteiger partial charge < -0.3 is 10.1 Å². The number of amides is 1. The van der Waals surface area contributed by atoms with Crippen molar-refractivity contribution in [1.29, 1.82) is 0 Å². The van der Waals surface area contributed by atoms with Gasteiger partial charge in [-0.15, -0.1) is 11.6 Å². The van der Waals surface area contributed by atoms with E-state index < -0.39 is 0 Å². The SMILES string of the molecule is CC(Cl)CC(C)NC(=O)CCC1CCCCO1. The molecule has 100 valence electrons. The molecule has 3 nitrogen and oxygen atoms in total. The third-order valence-electron chi connectivity index (χ3n) is 3.05. The van der Waals surface area contributed by atoms with Crippen LogP contribution in [0.1, 0.15) is 52.4 Å². The van der Waals surface area contributed by atoms with Gasteiger partial charge in [-0.1, -0.05) is 0 Å². The summed E-state index contributed by atoms with van der Waals surface area (Å²) in [7, 11) is 0. The average molecular weight is 262 g/mol. The molecular formula is C13H24ClNO2. The molecule has 1 fully saturated rings. The summed E-state index contributed by atoms with van der Waals surface area (Å²) in [5, 5.41) is 3.08. The van der Waals surface area contributed by atoms with E-state index in [0.29, 0.717) is 6.42 Å². The Morgan fingerprint density at radius 3 is 2.82 bits per heavy atom. The molecule has 3 atom stereocenters. The largest absolute Gasteiger partial charge is 0.378 e. The van der Waals surface area contributed by atoms with Crippen LogP contribution in [0.3, 0.4) is 0 Å². The Morgan fingerprint density at radius 2 is 2.24 bits per heavy atom. The van der Waals surface area contributed by atoms with E-state index in [4.69, 9.17) is 16.3 Å². The van der Waals surface area contributed by atoms with Gasteiger partial charge in [-0.05, 0) is 46.0 Å². The molecular weight excluding hydrogens is 238 g/mol. The standard InChI is InChI=1S/C13H24ClNO2/c1-10(14)9-11(2)15-13(16)7-6-12-5-3-4-8-17-12/h10-12H,3-9H2,1-2H3,(H,15,16). The van der Waals surface area contributed by atoms with Gasteiger partial charge in [-0.25, -0.2) is 0 Å². The van der Waals surface area contributed by atoms with E-state index in [1.165, 1.54) is 6.42 Å². The number of ether oxygens (including phenoxy) is 1.